The molecule has 0 atom stereocenters. The van der Waals surface area contributed by atoms with E-state index in [4.69, 9.17) is 9.30 Å². The predicted molar refractivity (Wildman–Crippen MR) is 187 cm³/mol. The van der Waals surface area contributed by atoms with Crippen molar-refractivity contribution in [1.82, 2.24) is 0 Å². The second-order valence-corrected chi connectivity index (χ2v) is 13.5. The molecule has 0 unspecified atom stereocenters. The monoisotopic (exact) mass is 708 g/mol. The fourth-order valence-electron chi connectivity index (χ4n) is 4.62. The van der Waals surface area contributed by atoms with Gasteiger partial charge in [-0.15, -0.1) is 0 Å². The van der Waals surface area contributed by atoms with Crippen LogP contribution in [0.2, 0.25) is 0 Å². The van der Waals surface area contributed by atoms with Crippen molar-refractivity contribution >= 4 is 47.7 Å². The molecule has 0 bridgehead atoms. The molecule has 0 aliphatic carbocycles. The van der Waals surface area contributed by atoms with Gasteiger partial charge in [-0.05, 0) is 66.6 Å². The van der Waals surface area contributed by atoms with Gasteiger partial charge in [0.1, 0.15) is 0 Å². The zero-order chi connectivity index (χ0) is 31.4. The van der Waals surface area contributed by atoms with Gasteiger partial charge in [0.25, 0.3) is 0 Å². The van der Waals surface area contributed by atoms with Crippen molar-refractivity contribution in [1.29, 1.82) is 0 Å². The Morgan fingerprint density at radius 1 is 0.378 bits per heavy atom. The Balaban J connectivity index is 0.000000278. The van der Waals surface area contributed by atoms with Gasteiger partial charge >= 0.3 is 22.6 Å². The van der Waals surface area contributed by atoms with Crippen LogP contribution in [0, 0.1) is 26.6 Å². The first-order valence-corrected chi connectivity index (χ1v) is 16.5. The Hall–Kier alpha value is -3.72. The summed E-state index contributed by atoms with van der Waals surface area (Å²) in [5.74, 6) is 0. The third-order valence-electron chi connectivity index (χ3n) is 6.47. The molecular formula is C40H32O2P2Ru. The van der Waals surface area contributed by atoms with E-state index in [2.05, 4.69) is 196 Å². The summed E-state index contributed by atoms with van der Waals surface area (Å²) in [6.45, 7) is 13.0. The summed E-state index contributed by atoms with van der Waals surface area (Å²) in [6.07, 6.45) is 1.95. The fourth-order valence-corrected chi connectivity index (χ4v) is 9.38. The Labute approximate surface area is 283 Å². The SMILES string of the molecule is [C-]#[O+].[C-]#[O+].[CH2][CH]c1ccccc1P(c1ccccc1)c1ccccc1.[Ru].c1ccc(P(c2ccccc2)c2ccccc2)cc1. The molecule has 6 rings (SSSR count). The van der Waals surface area contributed by atoms with Crippen LogP contribution in [-0.2, 0) is 28.8 Å². The smallest absolute Gasteiger partial charge is 0 e. The molecule has 0 aliphatic rings. The number of rotatable bonds is 7. The molecule has 45 heavy (non-hydrogen) atoms. The average Bonchev–Trinajstić information content (AvgIpc) is 3.13. The molecule has 0 saturated heterocycles. The van der Waals surface area contributed by atoms with Gasteiger partial charge in [-0.2, -0.15) is 0 Å². The van der Waals surface area contributed by atoms with Gasteiger partial charge in [-0.1, -0.05) is 176 Å². The quantitative estimate of drug-likeness (QED) is 0.0730. The second kappa shape index (κ2) is 21.9. The van der Waals surface area contributed by atoms with Crippen molar-refractivity contribution in [3.05, 3.63) is 208 Å². The normalized spacial score (nSPS) is 9.58. The van der Waals surface area contributed by atoms with E-state index in [0.29, 0.717) is 0 Å². The van der Waals surface area contributed by atoms with Gasteiger partial charge in [-0.25, -0.2) is 0 Å². The average molecular weight is 708 g/mol. The van der Waals surface area contributed by atoms with Crippen LogP contribution in [0.3, 0.4) is 0 Å². The first kappa shape index (κ1) is 37.5. The van der Waals surface area contributed by atoms with Crippen LogP contribution in [0.15, 0.2) is 176 Å². The molecule has 0 aromatic heterocycles. The molecule has 6 aromatic carbocycles. The first-order chi connectivity index (χ1) is 21.8. The molecule has 0 aliphatic heterocycles. The summed E-state index contributed by atoms with van der Waals surface area (Å²) in [4.78, 5) is 0. The molecule has 5 heteroatoms. The zero-order valence-electron chi connectivity index (χ0n) is 24.6. The van der Waals surface area contributed by atoms with Gasteiger partial charge in [0.2, 0.25) is 0 Å². The standard InChI is InChI=1S/C20H17P.C18H15P.2CO.Ru/c1-2-17-11-9-10-16-20(17)21(18-12-5-3-6-13-18)19-14-7-4-8-15-19;1-4-10-16(11-5-1)19(17-12-6-2-7-13-17)18-14-8-3-9-15-18;2*1-2;/h2-16H,1H2;1-15H;;;. The summed E-state index contributed by atoms with van der Waals surface area (Å²) < 4.78 is 15.0. The molecule has 0 saturated carbocycles. The third-order valence-corrected chi connectivity index (χ3v) is 11.4. The van der Waals surface area contributed by atoms with Gasteiger partial charge < -0.3 is 0 Å². The van der Waals surface area contributed by atoms with Crippen molar-refractivity contribution < 1.29 is 28.8 Å². The number of hydrogen-bond acceptors (Lipinski definition) is 0. The van der Waals surface area contributed by atoms with Crippen molar-refractivity contribution in [2.75, 3.05) is 0 Å². The van der Waals surface area contributed by atoms with E-state index < -0.39 is 15.8 Å². The molecule has 0 amide bonds. The van der Waals surface area contributed by atoms with Gasteiger partial charge in [-0.3, -0.25) is 0 Å². The maximum Gasteiger partial charge on any atom is 0 e. The first-order valence-electron chi connectivity index (χ1n) is 13.8. The van der Waals surface area contributed by atoms with Crippen LogP contribution in [0.5, 0.6) is 0 Å². The van der Waals surface area contributed by atoms with Crippen molar-refractivity contribution in [3.63, 3.8) is 0 Å². The van der Waals surface area contributed by atoms with Crippen LogP contribution < -0.4 is 31.8 Å². The van der Waals surface area contributed by atoms with Gasteiger partial charge in [0, 0.05) is 19.5 Å². The molecule has 0 spiro atoms. The third kappa shape index (κ3) is 11.0. The molecule has 0 N–H and O–H groups in total. The molecule has 2 nitrogen and oxygen atoms in total. The van der Waals surface area contributed by atoms with Gasteiger partial charge in [0.05, 0.1) is 0 Å². The summed E-state index contributed by atoms with van der Waals surface area (Å²) in [5, 5.41) is 8.29. The van der Waals surface area contributed by atoms with E-state index in [1.54, 1.807) is 0 Å². The minimum atomic E-state index is -0.544. The predicted octanol–water partition coefficient (Wildman–Crippen LogP) is 7.20. The minimum absolute atomic E-state index is 0. The van der Waals surface area contributed by atoms with E-state index in [9.17, 15) is 0 Å². The topological polar surface area (TPSA) is 39.8 Å². The molecule has 0 fully saturated rings. The fraction of sp³-hybridized carbons (Fsp3) is 0. The summed E-state index contributed by atoms with van der Waals surface area (Å²) in [5.41, 5.74) is 1.22. The summed E-state index contributed by atoms with van der Waals surface area (Å²) in [7, 11) is -0.990. The molecular weight excluding hydrogens is 675 g/mol. The van der Waals surface area contributed by atoms with Crippen LogP contribution in [0.4, 0.5) is 0 Å². The minimum Gasteiger partial charge on any atom is -0.0622 e. The van der Waals surface area contributed by atoms with Crippen LogP contribution in [-0.4, -0.2) is 0 Å². The van der Waals surface area contributed by atoms with Crippen molar-refractivity contribution in [2.24, 2.45) is 0 Å². The Kier molecular flexibility index (Phi) is 18.2. The van der Waals surface area contributed by atoms with E-state index >= 15 is 0 Å². The number of hydrogen-bond donors (Lipinski definition) is 0. The van der Waals surface area contributed by atoms with Crippen LogP contribution in [0.1, 0.15) is 5.56 Å². The Morgan fingerprint density at radius 2 is 0.622 bits per heavy atom. The van der Waals surface area contributed by atoms with Gasteiger partial charge in [0.15, 0.2) is 0 Å². The second-order valence-electron chi connectivity index (χ2n) is 9.11. The zero-order valence-corrected chi connectivity index (χ0v) is 28.1. The van der Waals surface area contributed by atoms with Crippen LogP contribution >= 0.6 is 15.8 Å². The molecule has 6 aromatic rings. The number of benzene rings is 6. The van der Waals surface area contributed by atoms with E-state index in [1.807, 2.05) is 6.42 Å². The maximum atomic E-state index is 7.50. The Morgan fingerprint density at radius 3 is 0.911 bits per heavy atom. The summed E-state index contributed by atoms with van der Waals surface area (Å²) in [6, 6.07) is 62.4. The molecule has 2 radical (unpaired) electrons. The maximum absolute atomic E-state index is 7.50. The van der Waals surface area contributed by atoms with Crippen molar-refractivity contribution in [2.45, 2.75) is 0 Å². The van der Waals surface area contributed by atoms with Crippen molar-refractivity contribution in [3.8, 4) is 0 Å². The van der Waals surface area contributed by atoms with E-state index in [0.717, 1.165) is 0 Å². The molecule has 222 valence electrons. The molecule has 0 heterocycles. The van der Waals surface area contributed by atoms with E-state index in [1.165, 1.54) is 37.4 Å². The Bertz CT molecular complexity index is 1520. The summed E-state index contributed by atoms with van der Waals surface area (Å²) >= 11 is 0. The van der Waals surface area contributed by atoms with Crippen LogP contribution in [0.25, 0.3) is 0 Å². The largest absolute Gasteiger partial charge is 0.0622 e. The van der Waals surface area contributed by atoms with E-state index in [-0.39, 0.29) is 19.5 Å².